The molecule has 5 heteroatoms. The van der Waals surface area contributed by atoms with Crippen molar-refractivity contribution in [2.24, 2.45) is 0 Å². The third-order valence-corrected chi connectivity index (χ3v) is 3.48. The summed E-state index contributed by atoms with van der Waals surface area (Å²) in [6, 6.07) is 15.4. The Labute approximate surface area is 126 Å². The minimum Gasteiger partial charge on any atom is -0.497 e. The van der Waals surface area contributed by atoms with Crippen LogP contribution in [0.25, 0.3) is 11.0 Å². The van der Waals surface area contributed by atoms with Gasteiger partial charge in [-0.05, 0) is 29.3 Å². The fourth-order valence-electron chi connectivity index (χ4n) is 2.31. The van der Waals surface area contributed by atoms with E-state index in [4.69, 9.17) is 16.3 Å². The number of methoxy groups -OCH3 is 1. The predicted molar refractivity (Wildman–Crippen MR) is 82.0 cm³/mol. The Bertz CT molecular complexity index is 797. The largest absolute Gasteiger partial charge is 0.497 e. The zero-order valence-corrected chi connectivity index (χ0v) is 12.2. The second-order valence-corrected chi connectivity index (χ2v) is 4.98. The molecule has 106 valence electrons. The molecule has 1 heterocycles. The molecule has 0 unspecified atom stereocenters. The van der Waals surface area contributed by atoms with Gasteiger partial charge in [-0.15, -0.1) is 0 Å². The molecule has 0 aliphatic rings. The Balaban J connectivity index is 2.14. The van der Waals surface area contributed by atoms with Gasteiger partial charge in [-0.3, -0.25) is 4.79 Å². The minimum absolute atomic E-state index is 0.240. The average Bonchev–Trinajstić information content (AvgIpc) is 2.86. The SMILES string of the molecule is COc1ccc2c(c1)nc(C(=O)Cl)n2Cc1ccccc1. The number of rotatable bonds is 4. The number of carbonyl (C=O) groups excluding carboxylic acids is 1. The summed E-state index contributed by atoms with van der Waals surface area (Å²) in [4.78, 5) is 15.9. The van der Waals surface area contributed by atoms with Crippen molar-refractivity contribution in [1.82, 2.24) is 9.55 Å². The van der Waals surface area contributed by atoms with Gasteiger partial charge < -0.3 is 9.30 Å². The highest BCUT2D eigenvalue weighted by molar-refractivity contribution is 6.67. The van der Waals surface area contributed by atoms with Gasteiger partial charge in [0.25, 0.3) is 5.24 Å². The molecule has 2 aromatic carbocycles. The van der Waals surface area contributed by atoms with Gasteiger partial charge in [-0.25, -0.2) is 4.98 Å². The van der Waals surface area contributed by atoms with E-state index in [9.17, 15) is 4.79 Å². The summed E-state index contributed by atoms with van der Waals surface area (Å²) in [5, 5.41) is -0.568. The van der Waals surface area contributed by atoms with Gasteiger partial charge >= 0.3 is 0 Å². The fourth-order valence-corrected chi connectivity index (χ4v) is 2.46. The molecule has 0 aliphatic heterocycles. The number of benzene rings is 2. The summed E-state index contributed by atoms with van der Waals surface area (Å²) in [6.45, 7) is 0.539. The van der Waals surface area contributed by atoms with Crippen molar-refractivity contribution in [2.45, 2.75) is 6.54 Å². The fraction of sp³-hybridized carbons (Fsp3) is 0.125. The van der Waals surface area contributed by atoms with E-state index in [1.54, 1.807) is 13.2 Å². The van der Waals surface area contributed by atoms with Crippen LogP contribution >= 0.6 is 11.6 Å². The molecule has 0 atom stereocenters. The first-order valence-electron chi connectivity index (χ1n) is 6.47. The number of aromatic nitrogens is 2. The first-order chi connectivity index (χ1) is 10.2. The van der Waals surface area contributed by atoms with Crippen LogP contribution in [-0.2, 0) is 6.54 Å². The summed E-state index contributed by atoms with van der Waals surface area (Å²) in [7, 11) is 1.59. The number of imidazole rings is 1. The van der Waals surface area contributed by atoms with Gasteiger partial charge in [0, 0.05) is 12.6 Å². The van der Waals surface area contributed by atoms with E-state index < -0.39 is 5.24 Å². The number of hydrogen-bond acceptors (Lipinski definition) is 3. The van der Waals surface area contributed by atoms with Crippen molar-refractivity contribution in [3.63, 3.8) is 0 Å². The Hall–Kier alpha value is -2.33. The number of nitrogens with zero attached hydrogens (tertiary/aromatic N) is 2. The van der Waals surface area contributed by atoms with Crippen molar-refractivity contribution in [1.29, 1.82) is 0 Å². The molecule has 3 rings (SSSR count). The molecule has 0 fully saturated rings. The molecule has 21 heavy (non-hydrogen) atoms. The van der Waals surface area contributed by atoms with E-state index in [0.717, 1.165) is 11.1 Å². The van der Waals surface area contributed by atoms with Crippen LogP contribution in [-0.4, -0.2) is 21.9 Å². The van der Waals surface area contributed by atoms with Crippen LogP contribution in [0.1, 0.15) is 16.2 Å². The zero-order chi connectivity index (χ0) is 14.8. The van der Waals surface area contributed by atoms with Crippen LogP contribution in [0.4, 0.5) is 0 Å². The monoisotopic (exact) mass is 300 g/mol. The van der Waals surface area contributed by atoms with Crippen molar-refractivity contribution in [3.8, 4) is 5.75 Å². The lowest BCUT2D eigenvalue weighted by molar-refractivity contribution is 0.106. The lowest BCUT2D eigenvalue weighted by Gasteiger charge is -2.07. The van der Waals surface area contributed by atoms with E-state index >= 15 is 0 Å². The lowest BCUT2D eigenvalue weighted by Crippen LogP contribution is -2.07. The van der Waals surface area contributed by atoms with Gasteiger partial charge in [-0.1, -0.05) is 30.3 Å². The van der Waals surface area contributed by atoms with Crippen LogP contribution in [0, 0.1) is 0 Å². The Morgan fingerprint density at radius 2 is 2.00 bits per heavy atom. The van der Waals surface area contributed by atoms with E-state index in [1.807, 2.05) is 47.0 Å². The standard InChI is InChI=1S/C16H13ClN2O2/c1-21-12-7-8-14-13(9-12)18-16(15(17)20)19(14)10-11-5-3-2-4-6-11/h2-9H,10H2,1H3. The van der Waals surface area contributed by atoms with E-state index in [-0.39, 0.29) is 5.82 Å². The topological polar surface area (TPSA) is 44.1 Å². The van der Waals surface area contributed by atoms with Crippen LogP contribution in [0.15, 0.2) is 48.5 Å². The molecular formula is C16H13ClN2O2. The normalized spacial score (nSPS) is 10.8. The van der Waals surface area contributed by atoms with E-state index in [1.165, 1.54) is 0 Å². The molecule has 0 aliphatic carbocycles. The quantitative estimate of drug-likeness (QED) is 0.693. The van der Waals surface area contributed by atoms with Crippen LogP contribution in [0.2, 0.25) is 0 Å². The number of halogens is 1. The van der Waals surface area contributed by atoms with Gasteiger partial charge in [-0.2, -0.15) is 0 Å². The number of carbonyl (C=O) groups is 1. The van der Waals surface area contributed by atoms with Gasteiger partial charge in [0.1, 0.15) is 5.75 Å². The molecule has 0 spiro atoms. The molecule has 3 aromatic rings. The molecule has 0 bridgehead atoms. The highest BCUT2D eigenvalue weighted by Crippen LogP contribution is 2.23. The smallest absolute Gasteiger partial charge is 0.288 e. The third kappa shape index (κ3) is 2.62. The summed E-state index contributed by atoms with van der Waals surface area (Å²) < 4.78 is 7.00. The van der Waals surface area contributed by atoms with Crippen molar-refractivity contribution < 1.29 is 9.53 Å². The van der Waals surface area contributed by atoms with Gasteiger partial charge in [0.15, 0.2) is 5.82 Å². The van der Waals surface area contributed by atoms with Crippen LogP contribution in [0.3, 0.4) is 0 Å². The van der Waals surface area contributed by atoms with Gasteiger partial charge in [0.05, 0.1) is 18.1 Å². The molecule has 0 saturated carbocycles. The lowest BCUT2D eigenvalue weighted by atomic mass is 10.2. The summed E-state index contributed by atoms with van der Waals surface area (Å²) in [5.74, 6) is 0.934. The number of ether oxygens (including phenoxy) is 1. The Morgan fingerprint density at radius 3 is 2.67 bits per heavy atom. The Morgan fingerprint density at radius 1 is 1.24 bits per heavy atom. The van der Waals surface area contributed by atoms with E-state index in [0.29, 0.717) is 17.8 Å². The molecular weight excluding hydrogens is 288 g/mol. The first kappa shape index (κ1) is 13.6. The van der Waals surface area contributed by atoms with Crippen LogP contribution in [0.5, 0.6) is 5.75 Å². The molecule has 0 radical (unpaired) electrons. The highest BCUT2D eigenvalue weighted by atomic mass is 35.5. The van der Waals surface area contributed by atoms with Crippen molar-refractivity contribution >= 4 is 27.9 Å². The van der Waals surface area contributed by atoms with E-state index in [2.05, 4.69) is 4.98 Å². The maximum absolute atomic E-state index is 11.6. The summed E-state index contributed by atoms with van der Waals surface area (Å²) in [6.07, 6.45) is 0. The van der Waals surface area contributed by atoms with Crippen LogP contribution < -0.4 is 4.74 Å². The van der Waals surface area contributed by atoms with Crippen molar-refractivity contribution in [2.75, 3.05) is 7.11 Å². The third-order valence-electron chi connectivity index (χ3n) is 3.31. The second kappa shape index (κ2) is 5.58. The number of hydrogen-bond donors (Lipinski definition) is 0. The zero-order valence-electron chi connectivity index (χ0n) is 11.4. The molecule has 4 nitrogen and oxygen atoms in total. The highest BCUT2D eigenvalue weighted by Gasteiger charge is 2.16. The maximum Gasteiger partial charge on any atom is 0.288 e. The molecule has 1 aromatic heterocycles. The second-order valence-electron chi connectivity index (χ2n) is 4.64. The molecule has 0 N–H and O–H groups in total. The summed E-state index contributed by atoms with van der Waals surface area (Å²) in [5.41, 5.74) is 2.62. The average molecular weight is 301 g/mol. The maximum atomic E-state index is 11.6. The van der Waals surface area contributed by atoms with Gasteiger partial charge in [0.2, 0.25) is 0 Å². The molecule has 0 saturated heterocycles. The first-order valence-corrected chi connectivity index (χ1v) is 6.85. The summed E-state index contributed by atoms with van der Waals surface area (Å²) >= 11 is 5.67. The Kier molecular flexibility index (Phi) is 3.62. The number of fused-ring (bicyclic) bond motifs is 1. The minimum atomic E-state index is -0.568. The predicted octanol–water partition coefficient (Wildman–Crippen LogP) is 3.47. The van der Waals surface area contributed by atoms with Crippen molar-refractivity contribution in [3.05, 3.63) is 59.9 Å². The molecule has 0 amide bonds.